The average molecular weight is 223 g/mol. The number of hydrogen-bond donors (Lipinski definition) is 1. The second-order valence-electron chi connectivity index (χ2n) is 4.27. The molecule has 0 aliphatic carbocycles. The standard InChI is InChI=1S/C12H17NOS/c1-9-6-11(8-15-9)12(14)3-2-10-4-5-13-7-10/h6,8,10,13H,2-5,7H2,1H3. The normalized spacial score (nSPS) is 20.7. The van der Waals surface area contributed by atoms with Crippen LogP contribution in [-0.4, -0.2) is 18.9 Å². The number of ketones is 1. The van der Waals surface area contributed by atoms with Crippen molar-refractivity contribution in [2.24, 2.45) is 5.92 Å². The molecule has 3 heteroatoms. The molecule has 0 amide bonds. The van der Waals surface area contributed by atoms with Crippen LogP contribution in [0, 0.1) is 12.8 Å². The van der Waals surface area contributed by atoms with Crippen LogP contribution < -0.4 is 5.32 Å². The molecule has 2 nitrogen and oxygen atoms in total. The van der Waals surface area contributed by atoms with E-state index in [1.807, 2.05) is 18.4 Å². The Kier molecular flexibility index (Phi) is 3.54. The fraction of sp³-hybridized carbons (Fsp3) is 0.583. The van der Waals surface area contributed by atoms with E-state index in [4.69, 9.17) is 0 Å². The van der Waals surface area contributed by atoms with Crippen LogP contribution in [0.1, 0.15) is 34.5 Å². The summed E-state index contributed by atoms with van der Waals surface area (Å²) in [5.41, 5.74) is 0.906. The van der Waals surface area contributed by atoms with Crippen LogP contribution in [0.5, 0.6) is 0 Å². The Morgan fingerprint density at radius 3 is 3.13 bits per heavy atom. The highest BCUT2D eigenvalue weighted by atomic mass is 32.1. The van der Waals surface area contributed by atoms with Gasteiger partial charge in [0.25, 0.3) is 0 Å². The Labute approximate surface area is 94.7 Å². The summed E-state index contributed by atoms with van der Waals surface area (Å²) in [7, 11) is 0. The van der Waals surface area contributed by atoms with Crippen LogP contribution in [0.15, 0.2) is 11.4 Å². The summed E-state index contributed by atoms with van der Waals surface area (Å²) in [6, 6.07) is 2.00. The van der Waals surface area contributed by atoms with Gasteiger partial charge in [-0.25, -0.2) is 0 Å². The molecule has 1 aromatic heterocycles. The summed E-state index contributed by atoms with van der Waals surface area (Å²) in [5.74, 6) is 1.03. The van der Waals surface area contributed by atoms with E-state index in [0.717, 1.165) is 25.1 Å². The van der Waals surface area contributed by atoms with Crippen molar-refractivity contribution in [3.05, 3.63) is 21.9 Å². The first-order valence-electron chi connectivity index (χ1n) is 5.55. The van der Waals surface area contributed by atoms with Gasteiger partial charge < -0.3 is 5.32 Å². The highest BCUT2D eigenvalue weighted by molar-refractivity contribution is 7.10. The highest BCUT2D eigenvalue weighted by Gasteiger charge is 2.16. The van der Waals surface area contributed by atoms with Crippen LogP contribution in [0.4, 0.5) is 0 Å². The summed E-state index contributed by atoms with van der Waals surface area (Å²) in [6.45, 7) is 4.26. The van der Waals surface area contributed by atoms with E-state index in [1.165, 1.54) is 11.3 Å². The molecule has 1 fully saturated rings. The first-order chi connectivity index (χ1) is 7.25. The summed E-state index contributed by atoms with van der Waals surface area (Å²) in [4.78, 5) is 13.0. The lowest BCUT2D eigenvalue weighted by molar-refractivity contribution is 0.0975. The Morgan fingerprint density at radius 2 is 2.53 bits per heavy atom. The molecule has 0 bridgehead atoms. The van der Waals surface area contributed by atoms with Gasteiger partial charge in [-0.2, -0.15) is 0 Å². The number of carbonyl (C=O) groups is 1. The Balaban J connectivity index is 1.81. The number of nitrogens with one attached hydrogen (secondary N) is 1. The fourth-order valence-corrected chi connectivity index (χ4v) is 2.74. The van der Waals surface area contributed by atoms with Gasteiger partial charge in [-0.05, 0) is 44.8 Å². The predicted octanol–water partition coefficient (Wildman–Crippen LogP) is 2.63. The molecule has 1 aliphatic heterocycles. The topological polar surface area (TPSA) is 29.1 Å². The minimum absolute atomic E-state index is 0.311. The van der Waals surface area contributed by atoms with Crippen molar-refractivity contribution in [1.29, 1.82) is 0 Å². The van der Waals surface area contributed by atoms with E-state index in [-0.39, 0.29) is 0 Å². The third-order valence-electron chi connectivity index (χ3n) is 2.99. The monoisotopic (exact) mass is 223 g/mol. The number of aryl methyl sites for hydroxylation is 1. The Morgan fingerprint density at radius 1 is 1.67 bits per heavy atom. The van der Waals surface area contributed by atoms with Crippen molar-refractivity contribution >= 4 is 17.1 Å². The number of Topliss-reactive ketones (excluding diaryl/α,β-unsaturated/α-hetero) is 1. The van der Waals surface area contributed by atoms with Crippen LogP contribution in [0.3, 0.4) is 0 Å². The van der Waals surface area contributed by atoms with E-state index in [1.54, 1.807) is 11.3 Å². The molecule has 2 heterocycles. The quantitative estimate of drug-likeness (QED) is 0.795. The van der Waals surface area contributed by atoms with Crippen molar-refractivity contribution in [3.8, 4) is 0 Å². The molecule has 0 radical (unpaired) electrons. The van der Waals surface area contributed by atoms with Crippen molar-refractivity contribution in [2.45, 2.75) is 26.2 Å². The number of thiophene rings is 1. The Hall–Kier alpha value is -0.670. The van der Waals surface area contributed by atoms with Crippen molar-refractivity contribution < 1.29 is 4.79 Å². The zero-order valence-corrected chi connectivity index (χ0v) is 9.90. The SMILES string of the molecule is Cc1cc(C(=O)CCC2CCNC2)cs1. The summed E-state index contributed by atoms with van der Waals surface area (Å²) < 4.78 is 0. The molecule has 1 saturated heterocycles. The Bertz CT molecular complexity index is 339. The van der Waals surface area contributed by atoms with Crippen LogP contribution in [0.2, 0.25) is 0 Å². The third kappa shape index (κ3) is 2.89. The largest absolute Gasteiger partial charge is 0.316 e. The zero-order chi connectivity index (χ0) is 10.7. The van der Waals surface area contributed by atoms with Gasteiger partial charge >= 0.3 is 0 Å². The first kappa shape index (κ1) is 10.8. The van der Waals surface area contributed by atoms with Gasteiger partial charge in [0.2, 0.25) is 0 Å². The number of hydrogen-bond acceptors (Lipinski definition) is 3. The lowest BCUT2D eigenvalue weighted by Crippen LogP contribution is -2.10. The van der Waals surface area contributed by atoms with Gasteiger partial charge in [0, 0.05) is 22.2 Å². The molecule has 0 aromatic carbocycles. The lowest BCUT2D eigenvalue weighted by Gasteiger charge is -2.05. The maximum absolute atomic E-state index is 11.8. The van der Waals surface area contributed by atoms with Gasteiger partial charge in [0.1, 0.15) is 0 Å². The molecule has 1 unspecified atom stereocenters. The summed E-state index contributed by atoms with van der Waals surface area (Å²) in [5, 5.41) is 5.31. The van der Waals surface area contributed by atoms with E-state index in [9.17, 15) is 4.79 Å². The molecule has 0 spiro atoms. The van der Waals surface area contributed by atoms with Gasteiger partial charge in [0.05, 0.1) is 0 Å². The fourth-order valence-electron chi connectivity index (χ4n) is 2.03. The number of rotatable bonds is 4. The minimum Gasteiger partial charge on any atom is -0.316 e. The highest BCUT2D eigenvalue weighted by Crippen LogP contribution is 2.19. The lowest BCUT2D eigenvalue weighted by atomic mass is 9.99. The van der Waals surface area contributed by atoms with Gasteiger partial charge in [-0.15, -0.1) is 11.3 Å². The van der Waals surface area contributed by atoms with Crippen LogP contribution in [0.25, 0.3) is 0 Å². The van der Waals surface area contributed by atoms with E-state index >= 15 is 0 Å². The molecule has 1 aromatic rings. The average Bonchev–Trinajstić information content (AvgIpc) is 2.84. The summed E-state index contributed by atoms with van der Waals surface area (Å²) >= 11 is 1.66. The van der Waals surface area contributed by atoms with Crippen LogP contribution >= 0.6 is 11.3 Å². The molecule has 1 aliphatic rings. The molecule has 82 valence electrons. The smallest absolute Gasteiger partial charge is 0.163 e. The molecule has 0 saturated carbocycles. The molecule has 1 atom stereocenters. The predicted molar refractivity (Wildman–Crippen MR) is 63.6 cm³/mol. The van der Waals surface area contributed by atoms with E-state index in [2.05, 4.69) is 5.32 Å². The second-order valence-corrected chi connectivity index (χ2v) is 5.38. The minimum atomic E-state index is 0.311. The van der Waals surface area contributed by atoms with Crippen molar-refractivity contribution in [1.82, 2.24) is 5.32 Å². The molecule has 15 heavy (non-hydrogen) atoms. The second kappa shape index (κ2) is 4.90. The maximum atomic E-state index is 11.8. The summed E-state index contributed by atoms with van der Waals surface area (Å²) in [6.07, 6.45) is 2.99. The molecular formula is C12H17NOS. The van der Waals surface area contributed by atoms with Crippen LogP contribution in [-0.2, 0) is 0 Å². The zero-order valence-electron chi connectivity index (χ0n) is 9.08. The van der Waals surface area contributed by atoms with Gasteiger partial charge in [0.15, 0.2) is 5.78 Å². The third-order valence-corrected chi connectivity index (χ3v) is 3.86. The van der Waals surface area contributed by atoms with Crippen molar-refractivity contribution in [2.75, 3.05) is 13.1 Å². The number of carbonyl (C=O) groups excluding carboxylic acids is 1. The van der Waals surface area contributed by atoms with Gasteiger partial charge in [-0.1, -0.05) is 0 Å². The van der Waals surface area contributed by atoms with E-state index < -0.39 is 0 Å². The maximum Gasteiger partial charge on any atom is 0.163 e. The molecule has 2 rings (SSSR count). The molecule has 1 N–H and O–H groups in total. The molecular weight excluding hydrogens is 206 g/mol. The van der Waals surface area contributed by atoms with Crippen molar-refractivity contribution in [3.63, 3.8) is 0 Å². The van der Waals surface area contributed by atoms with Gasteiger partial charge in [-0.3, -0.25) is 4.79 Å². The first-order valence-corrected chi connectivity index (χ1v) is 6.43. The van der Waals surface area contributed by atoms with E-state index in [0.29, 0.717) is 18.1 Å².